The Morgan fingerprint density at radius 2 is 1.68 bits per heavy atom. The van der Waals surface area contributed by atoms with Crippen molar-refractivity contribution in [2.45, 2.75) is 57.8 Å². The normalized spacial score (nSPS) is 32.2. The van der Waals surface area contributed by atoms with Gasteiger partial charge in [-0.1, -0.05) is 24.3 Å². The molecule has 2 nitrogen and oxygen atoms in total. The molecule has 4 saturated carbocycles. The first-order valence-corrected chi connectivity index (χ1v) is 10.7. The van der Waals surface area contributed by atoms with E-state index in [1.807, 2.05) is 26.2 Å². The minimum atomic E-state index is 0.329. The van der Waals surface area contributed by atoms with Crippen molar-refractivity contribution in [3.05, 3.63) is 59.2 Å². The second-order valence-corrected chi connectivity index (χ2v) is 9.37. The number of hydrogen-bond donors (Lipinski definition) is 0. The zero-order valence-corrected chi connectivity index (χ0v) is 17.4. The van der Waals surface area contributed by atoms with E-state index in [0.717, 1.165) is 35.4 Å². The van der Waals surface area contributed by atoms with E-state index in [1.54, 1.807) is 6.08 Å². The van der Waals surface area contributed by atoms with Crippen LogP contribution in [0, 0.1) is 17.8 Å². The molecule has 0 spiro atoms. The monoisotopic (exact) mass is 376 g/mol. The molecule has 0 aromatic heterocycles. The van der Waals surface area contributed by atoms with Gasteiger partial charge in [0.05, 0.1) is 7.11 Å². The molecule has 0 atom stereocenters. The molecule has 1 aromatic rings. The summed E-state index contributed by atoms with van der Waals surface area (Å²) >= 11 is 0. The van der Waals surface area contributed by atoms with Crippen LogP contribution in [-0.2, 0) is 10.2 Å². The summed E-state index contributed by atoms with van der Waals surface area (Å²) in [5.74, 6) is 3.84. The number of rotatable bonds is 6. The number of benzene rings is 1. The van der Waals surface area contributed by atoms with Gasteiger partial charge < -0.3 is 4.74 Å². The highest BCUT2D eigenvalue weighted by Crippen LogP contribution is 2.62. The molecular weight excluding hydrogens is 344 g/mol. The molecule has 1 aromatic carbocycles. The topological polar surface area (TPSA) is 26.3 Å². The average Bonchev–Trinajstić information content (AvgIpc) is 2.66. The van der Waals surface area contributed by atoms with Crippen molar-refractivity contribution in [3.63, 3.8) is 0 Å². The van der Waals surface area contributed by atoms with Gasteiger partial charge in [0.25, 0.3) is 0 Å². The molecule has 5 rings (SSSR count). The van der Waals surface area contributed by atoms with Crippen molar-refractivity contribution in [1.82, 2.24) is 0 Å². The number of carbonyl (C=O) groups is 1. The van der Waals surface area contributed by atoms with Gasteiger partial charge in [-0.3, -0.25) is 4.79 Å². The fourth-order valence-corrected chi connectivity index (χ4v) is 6.41. The minimum Gasteiger partial charge on any atom is -0.496 e. The van der Waals surface area contributed by atoms with Gasteiger partial charge in [0, 0.05) is 5.56 Å². The van der Waals surface area contributed by atoms with E-state index in [1.165, 1.54) is 55.2 Å². The maximum atomic E-state index is 10.6. The molecule has 0 aliphatic heterocycles. The third-order valence-corrected chi connectivity index (χ3v) is 7.30. The third-order valence-electron chi connectivity index (χ3n) is 7.30. The maximum absolute atomic E-state index is 10.6. The van der Waals surface area contributed by atoms with Crippen molar-refractivity contribution < 1.29 is 9.53 Å². The zero-order chi connectivity index (χ0) is 19.7. The molecule has 0 heterocycles. The Morgan fingerprint density at radius 1 is 1.04 bits per heavy atom. The van der Waals surface area contributed by atoms with Crippen LogP contribution in [0.1, 0.15) is 63.5 Å². The summed E-state index contributed by atoms with van der Waals surface area (Å²) in [6.45, 7) is 4.10. The summed E-state index contributed by atoms with van der Waals surface area (Å²) in [5.41, 5.74) is 5.25. The van der Waals surface area contributed by atoms with Gasteiger partial charge in [-0.25, -0.2) is 0 Å². The second-order valence-electron chi connectivity index (χ2n) is 9.37. The van der Waals surface area contributed by atoms with Crippen molar-refractivity contribution in [2.24, 2.45) is 17.8 Å². The van der Waals surface area contributed by atoms with Gasteiger partial charge in [0.15, 0.2) is 0 Å². The van der Waals surface area contributed by atoms with Crippen LogP contribution in [0.25, 0.3) is 5.57 Å². The van der Waals surface area contributed by atoms with Gasteiger partial charge in [0.2, 0.25) is 0 Å². The number of hydrogen-bond acceptors (Lipinski definition) is 2. The van der Waals surface area contributed by atoms with Crippen LogP contribution < -0.4 is 4.74 Å². The van der Waals surface area contributed by atoms with Crippen LogP contribution in [0.15, 0.2) is 48.1 Å². The number of carbonyl (C=O) groups excluding carboxylic acids is 1. The molecular formula is C26H32O2. The van der Waals surface area contributed by atoms with E-state index in [0.29, 0.717) is 5.41 Å². The van der Waals surface area contributed by atoms with Gasteiger partial charge >= 0.3 is 0 Å². The minimum absolute atomic E-state index is 0.329. The maximum Gasteiger partial charge on any atom is 0.143 e. The SMILES string of the molecule is COc1ccc(C(C)=CC=CC(C)=CC=O)cc1C12CC3CC(CC(C3)C1)C2. The fourth-order valence-electron chi connectivity index (χ4n) is 6.41. The molecule has 0 N–H and O–H groups in total. The highest BCUT2D eigenvalue weighted by Gasteiger charge is 2.52. The number of aldehydes is 1. The molecule has 0 unspecified atom stereocenters. The molecule has 4 bridgehead atoms. The first kappa shape index (κ1) is 19.2. The molecule has 0 amide bonds. The largest absolute Gasteiger partial charge is 0.496 e. The molecule has 148 valence electrons. The van der Waals surface area contributed by atoms with Crippen LogP contribution in [0.5, 0.6) is 5.75 Å². The van der Waals surface area contributed by atoms with Gasteiger partial charge in [-0.15, -0.1) is 0 Å². The first-order chi connectivity index (χ1) is 13.5. The van der Waals surface area contributed by atoms with E-state index < -0.39 is 0 Å². The van der Waals surface area contributed by atoms with Crippen LogP contribution in [0.3, 0.4) is 0 Å². The van der Waals surface area contributed by atoms with Gasteiger partial charge in [-0.2, -0.15) is 0 Å². The van der Waals surface area contributed by atoms with Crippen LogP contribution in [0.4, 0.5) is 0 Å². The van der Waals surface area contributed by atoms with E-state index in [-0.39, 0.29) is 0 Å². The number of ether oxygens (including phenoxy) is 1. The number of allylic oxidation sites excluding steroid dienone is 6. The summed E-state index contributed by atoms with van der Waals surface area (Å²) in [5, 5.41) is 0. The molecule has 0 saturated heterocycles. The molecule has 4 aliphatic carbocycles. The number of methoxy groups -OCH3 is 1. The lowest BCUT2D eigenvalue weighted by Gasteiger charge is -2.57. The Labute approximate surface area is 169 Å². The standard InChI is InChI=1S/C26H32O2/c1-18(9-10-27)5-4-6-19(2)23-7-8-25(28-3)24(14-23)26-15-20-11-21(16-26)13-22(12-20)17-26/h4-10,14,20-22H,11-13,15-17H2,1-3H3. The summed E-state index contributed by atoms with van der Waals surface area (Å²) in [6, 6.07) is 6.75. The molecule has 4 aliphatic rings. The van der Waals surface area contributed by atoms with Crippen LogP contribution >= 0.6 is 0 Å². The Hall–Kier alpha value is -2.09. The lowest BCUT2D eigenvalue weighted by molar-refractivity contribution is -0.104. The molecule has 2 heteroatoms. The predicted molar refractivity (Wildman–Crippen MR) is 115 cm³/mol. The highest BCUT2D eigenvalue weighted by molar-refractivity contribution is 5.69. The van der Waals surface area contributed by atoms with Crippen molar-refractivity contribution in [3.8, 4) is 5.75 Å². The zero-order valence-electron chi connectivity index (χ0n) is 17.4. The molecule has 0 radical (unpaired) electrons. The second kappa shape index (κ2) is 7.73. The van der Waals surface area contributed by atoms with Crippen molar-refractivity contribution >= 4 is 11.9 Å². The predicted octanol–water partition coefficient (Wildman–Crippen LogP) is 6.27. The van der Waals surface area contributed by atoms with Crippen LogP contribution in [-0.4, -0.2) is 13.4 Å². The van der Waals surface area contributed by atoms with Gasteiger partial charge in [-0.05, 0) is 110 Å². The van der Waals surface area contributed by atoms with E-state index in [9.17, 15) is 4.79 Å². The summed E-state index contributed by atoms with van der Waals surface area (Å²) < 4.78 is 5.84. The smallest absolute Gasteiger partial charge is 0.143 e. The van der Waals surface area contributed by atoms with E-state index in [4.69, 9.17) is 4.74 Å². The van der Waals surface area contributed by atoms with E-state index >= 15 is 0 Å². The quantitative estimate of drug-likeness (QED) is 0.332. The van der Waals surface area contributed by atoms with Crippen molar-refractivity contribution in [2.75, 3.05) is 7.11 Å². The summed E-state index contributed by atoms with van der Waals surface area (Å²) in [4.78, 5) is 10.6. The highest BCUT2D eigenvalue weighted by atomic mass is 16.5. The summed E-state index contributed by atoms with van der Waals surface area (Å²) in [7, 11) is 1.81. The Kier molecular flexibility index (Phi) is 5.31. The van der Waals surface area contributed by atoms with E-state index in [2.05, 4.69) is 31.2 Å². The third kappa shape index (κ3) is 3.62. The first-order valence-electron chi connectivity index (χ1n) is 10.7. The van der Waals surface area contributed by atoms with Crippen molar-refractivity contribution in [1.29, 1.82) is 0 Å². The fraction of sp³-hybridized carbons (Fsp3) is 0.500. The molecule has 28 heavy (non-hydrogen) atoms. The Bertz CT molecular complexity index is 805. The van der Waals surface area contributed by atoms with Crippen LogP contribution in [0.2, 0.25) is 0 Å². The lowest BCUT2D eigenvalue weighted by atomic mass is 9.48. The lowest BCUT2D eigenvalue weighted by Crippen LogP contribution is -2.48. The Morgan fingerprint density at radius 3 is 2.25 bits per heavy atom. The van der Waals surface area contributed by atoms with Gasteiger partial charge in [0.1, 0.15) is 12.0 Å². The Balaban J connectivity index is 1.65. The molecule has 4 fully saturated rings. The average molecular weight is 377 g/mol. The summed E-state index contributed by atoms with van der Waals surface area (Å²) in [6.07, 6.45) is 16.9.